The van der Waals surface area contributed by atoms with E-state index in [-0.39, 0.29) is 0 Å². The van der Waals surface area contributed by atoms with Crippen LogP contribution in [0, 0.1) is 5.92 Å². The van der Waals surface area contributed by atoms with E-state index in [1.54, 1.807) is 0 Å². The highest BCUT2D eigenvalue weighted by Gasteiger charge is 2.20. The van der Waals surface area contributed by atoms with Gasteiger partial charge >= 0.3 is 0 Å². The Morgan fingerprint density at radius 2 is 2.13 bits per heavy atom. The Morgan fingerprint density at radius 3 is 2.67 bits per heavy atom. The summed E-state index contributed by atoms with van der Waals surface area (Å²) in [5.41, 5.74) is 2.65. The van der Waals surface area contributed by atoms with Crippen molar-refractivity contribution in [3.8, 4) is 0 Å². The second-order valence-corrected chi connectivity index (χ2v) is 4.56. The molecule has 1 saturated heterocycles. The van der Waals surface area contributed by atoms with E-state index in [1.807, 2.05) is 6.08 Å². The molecule has 1 aliphatic heterocycles. The average molecular weight is 201 g/mol. The van der Waals surface area contributed by atoms with Crippen LogP contribution in [0.4, 0.5) is 0 Å². The van der Waals surface area contributed by atoms with Gasteiger partial charge in [-0.25, -0.2) is 0 Å². The highest BCUT2D eigenvalue weighted by Crippen LogP contribution is 2.19. The van der Waals surface area contributed by atoms with Crippen molar-refractivity contribution in [1.82, 2.24) is 5.32 Å². The van der Waals surface area contributed by atoms with Crippen molar-refractivity contribution in [3.05, 3.63) is 42.0 Å². The molecule has 2 unspecified atom stereocenters. The van der Waals surface area contributed by atoms with Crippen LogP contribution >= 0.6 is 0 Å². The van der Waals surface area contributed by atoms with Gasteiger partial charge < -0.3 is 5.32 Å². The quantitative estimate of drug-likeness (QED) is 0.793. The van der Waals surface area contributed by atoms with Crippen LogP contribution in [-0.4, -0.2) is 12.6 Å². The van der Waals surface area contributed by atoms with Gasteiger partial charge in [-0.15, -0.1) is 0 Å². The van der Waals surface area contributed by atoms with E-state index in [0.717, 1.165) is 5.92 Å². The standard InChI is InChI=1S/C14H19N/c1-3-12-4-6-13(7-5-12)9-14-8-11(2)15-10-14/h3-7,11,14-15H,1,8-10H2,2H3. The fourth-order valence-corrected chi connectivity index (χ4v) is 2.31. The number of benzene rings is 1. The highest BCUT2D eigenvalue weighted by atomic mass is 14.9. The number of rotatable bonds is 3. The average Bonchev–Trinajstić information content (AvgIpc) is 2.65. The minimum absolute atomic E-state index is 0.697. The Labute approximate surface area is 92.2 Å². The lowest BCUT2D eigenvalue weighted by Gasteiger charge is -2.08. The molecule has 0 spiro atoms. The molecule has 0 amide bonds. The van der Waals surface area contributed by atoms with Gasteiger partial charge in [-0.05, 0) is 43.4 Å². The molecule has 0 aromatic heterocycles. The van der Waals surface area contributed by atoms with E-state index >= 15 is 0 Å². The van der Waals surface area contributed by atoms with Crippen LogP contribution < -0.4 is 5.32 Å². The second-order valence-electron chi connectivity index (χ2n) is 4.56. The van der Waals surface area contributed by atoms with Crippen molar-refractivity contribution >= 4 is 6.08 Å². The molecule has 1 heterocycles. The Hall–Kier alpha value is -1.08. The smallest absolute Gasteiger partial charge is 0.00420 e. The Morgan fingerprint density at radius 1 is 1.40 bits per heavy atom. The van der Waals surface area contributed by atoms with Crippen LogP contribution in [0.5, 0.6) is 0 Å². The van der Waals surface area contributed by atoms with Crippen LogP contribution in [0.1, 0.15) is 24.5 Å². The van der Waals surface area contributed by atoms with Crippen molar-refractivity contribution < 1.29 is 0 Å². The summed E-state index contributed by atoms with van der Waals surface area (Å²) in [5.74, 6) is 0.814. The van der Waals surface area contributed by atoms with E-state index in [2.05, 4.69) is 43.1 Å². The first kappa shape index (κ1) is 10.4. The van der Waals surface area contributed by atoms with Gasteiger partial charge in [-0.1, -0.05) is 36.9 Å². The zero-order valence-corrected chi connectivity index (χ0v) is 9.37. The summed E-state index contributed by atoms with van der Waals surface area (Å²) >= 11 is 0. The predicted octanol–water partition coefficient (Wildman–Crippen LogP) is 2.87. The molecule has 0 bridgehead atoms. The van der Waals surface area contributed by atoms with Gasteiger partial charge in [-0.2, -0.15) is 0 Å². The molecule has 80 valence electrons. The zero-order chi connectivity index (χ0) is 10.7. The minimum atomic E-state index is 0.697. The maximum absolute atomic E-state index is 3.76. The van der Waals surface area contributed by atoms with Crippen LogP contribution in [-0.2, 0) is 6.42 Å². The lowest BCUT2D eigenvalue weighted by Crippen LogP contribution is -2.17. The number of nitrogens with one attached hydrogen (secondary N) is 1. The summed E-state index contributed by atoms with van der Waals surface area (Å²) in [5, 5.41) is 3.50. The summed E-state index contributed by atoms with van der Waals surface area (Å²) in [7, 11) is 0. The van der Waals surface area contributed by atoms with Crippen LogP contribution in [0.15, 0.2) is 30.8 Å². The van der Waals surface area contributed by atoms with Crippen molar-refractivity contribution in [2.24, 2.45) is 5.92 Å². The Kier molecular flexibility index (Phi) is 3.22. The SMILES string of the molecule is C=Cc1ccc(CC2CNC(C)C2)cc1. The summed E-state index contributed by atoms with van der Waals surface area (Å²) in [6, 6.07) is 9.44. The molecule has 1 nitrogen and oxygen atoms in total. The van der Waals surface area contributed by atoms with Crippen molar-refractivity contribution in [2.45, 2.75) is 25.8 Å². The van der Waals surface area contributed by atoms with Crippen LogP contribution in [0.3, 0.4) is 0 Å². The first-order valence-electron chi connectivity index (χ1n) is 5.72. The summed E-state index contributed by atoms with van der Waals surface area (Å²) in [4.78, 5) is 0. The van der Waals surface area contributed by atoms with Crippen LogP contribution in [0.25, 0.3) is 6.08 Å². The molecule has 1 N–H and O–H groups in total. The third-order valence-electron chi connectivity index (χ3n) is 3.18. The maximum atomic E-state index is 3.76. The summed E-state index contributed by atoms with van der Waals surface area (Å²) < 4.78 is 0. The molecule has 0 aliphatic carbocycles. The zero-order valence-electron chi connectivity index (χ0n) is 9.37. The molecule has 0 radical (unpaired) electrons. The Bertz CT molecular complexity index is 326. The van der Waals surface area contributed by atoms with E-state index < -0.39 is 0 Å². The van der Waals surface area contributed by atoms with Gasteiger partial charge in [0.25, 0.3) is 0 Å². The molecule has 15 heavy (non-hydrogen) atoms. The highest BCUT2D eigenvalue weighted by molar-refractivity contribution is 5.47. The van der Waals surface area contributed by atoms with Crippen LogP contribution in [0.2, 0.25) is 0 Å². The number of hydrogen-bond donors (Lipinski definition) is 1. The van der Waals surface area contributed by atoms with Gasteiger partial charge in [0.1, 0.15) is 0 Å². The fraction of sp³-hybridized carbons (Fsp3) is 0.429. The van der Waals surface area contributed by atoms with E-state index in [4.69, 9.17) is 0 Å². The largest absolute Gasteiger partial charge is 0.314 e. The predicted molar refractivity (Wildman–Crippen MR) is 65.8 cm³/mol. The number of hydrogen-bond acceptors (Lipinski definition) is 1. The van der Waals surface area contributed by atoms with Crippen molar-refractivity contribution in [1.29, 1.82) is 0 Å². The topological polar surface area (TPSA) is 12.0 Å². The normalized spacial score (nSPS) is 25.4. The van der Waals surface area contributed by atoms with Gasteiger partial charge in [0, 0.05) is 6.04 Å². The summed E-state index contributed by atoms with van der Waals surface area (Å²) in [6.45, 7) is 7.20. The lowest BCUT2D eigenvalue weighted by molar-refractivity contribution is 0.565. The molecular weight excluding hydrogens is 182 g/mol. The lowest BCUT2D eigenvalue weighted by atomic mass is 9.96. The summed E-state index contributed by atoms with van der Waals surface area (Å²) in [6.07, 6.45) is 4.40. The molecule has 1 aliphatic rings. The molecule has 2 atom stereocenters. The minimum Gasteiger partial charge on any atom is -0.314 e. The molecular formula is C14H19N. The fourth-order valence-electron chi connectivity index (χ4n) is 2.31. The second kappa shape index (κ2) is 4.63. The first-order valence-corrected chi connectivity index (χ1v) is 5.72. The van der Waals surface area contributed by atoms with Crippen molar-refractivity contribution in [3.63, 3.8) is 0 Å². The van der Waals surface area contributed by atoms with Gasteiger partial charge in [0.2, 0.25) is 0 Å². The third-order valence-corrected chi connectivity index (χ3v) is 3.18. The van der Waals surface area contributed by atoms with Gasteiger partial charge in [0.15, 0.2) is 0 Å². The molecule has 1 aromatic rings. The molecule has 2 rings (SSSR count). The van der Waals surface area contributed by atoms with Gasteiger partial charge in [0.05, 0.1) is 0 Å². The third kappa shape index (κ3) is 2.69. The molecule has 0 saturated carbocycles. The van der Waals surface area contributed by atoms with E-state index in [0.29, 0.717) is 6.04 Å². The maximum Gasteiger partial charge on any atom is 0.00420 e. The van der Waals surface area contributed by atoms with E-state index in [1.165, 1.54) is 30.5 Å². The monoisotopic (exact) mass is 201 g/mol. The van der Waals surface area contributed by atoms with Crippen molar-refractivity contribution in [2.75, 3.05) is 6.54 Å². The van der Waals surface area contributed by atoms with E-state index in [9.17, 15) is 0 Å². The van der Waals surface area contributed by atoms with Gasteiger partial charge in [-0.3, -0.25) is 0 Å². The first-order chi connectivity index (χ1) is 7.28. The molecule has 1 aromatic carbocycles. The molecule has 1 heteroatoms. The molecule has 1 fully saturated rings. The Balaban J connectivity index is 1.96.